The molecule has 4 rings (SSSR count). The number of aliphatic imine (C=N–C) groups is 1. The lowest BCUT2D eigenvalue weighted by Crippen LogP contribution is -2.49. The van der Waals surface area contributed by atoms with Gasteiger partial charge in [-0.05, 0) is 43.7 Å². The SMILES string of the molecule is CCNC(=NCc1cccc(-c2ncn[nH]2)c1)NC1CCN(CC2CCOC2)CC1.I. The normalized spacial score (nSPS) is 20.4. The lowest BCUT2D eigenvalue weighted by molar-refractivity contribution is 0.150. The Balaban J connectivity index is 0.00000272. The van der Waals surface area contributed by atoms with Crippen molar-refractivity contribution in [1.29, 1.82) is 0 Å². The predicted molar refractivity (Wildman–Crippen MR) is 134 cm³/mol. The molecule has 170 valence electrons. The third-order valence-corrected chi connectivity index (χ3v) is 5.85. The number of likely N-dealkylation sites (tertiary alicyclic amines) is 1. The number of halogens is 1. The number of aromatic nitrogens is 3. The van der Waals surface area contributed by atoms with Gasteiger partial charge in [-0.1, -0.05) is 18.2 Å². The van der Waals surface area contributed by atoms with Crippen LogP contribution in [0.1, 0.15) is 31.7 Å². The van der Waals surface area contributed by atoms with Crippen LogP contribution in [0.2, 0.25) is 0 Å². The van der Waals surface area contributed by atoms with Gasteiger partial charge in [0.25, 0.3) is 0 Å². The first-order chi connectivity index (χ1) is 14.8. The summed E-state index contributed by atoms with van der Waals surface area (Å²) in [4.78, 5) is 11.6. The van der Waals surface area contributed by atoms with E-state index >= 15 is 0 Å². The molecule has 0 amide bonds. The van der Waals surface area contributed by atoms with Crippen molar-refractivity contribution in [3.05, 3.63) is 36.2 Å². The maximum atomic E-state index is 5.52. The summed E-state index contributed by atoms with van der Waals surface area (Å²) in [6.45, 7) is 8.93. The molecule has 0 bridgehead atoms. The van der Waals surface area contributed by atoms with E-state index in [1.165, 1.54) is 19.3 Å². The Hall–Kier alpha value is -1.72. The molecule has 3 heterocycles. The summed E-state index contributed by atoms with van der Waals surface area (Å²) >= 11 is 0. The summed E-state index contributed by atoms with van der Waals surface area (Å²) in [7, 11) is 0. The molecule has 2 saturated heterocycles. The van der Waals surface area contributed by atoms with Gasteiger partial charge in [0, 0.05) is 44.4 Å². The fourth-order valence-corrected chi connectivity index (χ4v) is 4.20. The summed E-state index contributed by atoms with van der Waals surface area (Å²) in [5.41, 5.74) is 2.17. The van der Waals surface area contributed by atoms with Crippen LogP contribution in [0.5, 0.6) is 0 Å². The molecule has 1 aromatic carbocycles. The molecular formula is C22H34IN7O. The lowest BCUT2D eigenvalue weighted by Gasteiger charge is -2.34. The summed E-state index contributed by atoms with van der Waals surface area (Å²) in [6, 6.07) is 8.74. The van der Waals surface area contributed by atoms with Crippen molar-refractivity contribution in [1.82, 2.24) is 30.7 Å². The maximum absolute atomic E-state index is 5.52. The zero-order valence-corrected chi connectivity index (χ0v) is 20.5. The van der Waals surface area contributed by atoms with Crippen molar-refractivity contribution < 1.29 is 4.74 Å². The third kappa shape index (κ3) is 7.15. The molecule has 0 radical (unpaired) electrons. The molecule has 9 heteroatoms. The fraction of sp³-hybridized carbons (Fsp3) is 0.591. The number of H-pyrrole nitrogens is 1. The molecule has 8 nitrogen and oxygen atoms in total. The Labute approximate surface area is 201 Å². The number of benzene rings is 1. The van der Waals surface area contributed by atoms with Gasteiger partial charge in [0.1, 0.15) is 6.33 Å². The monoisotopic (exact) mass is 539 g/mol. The molecule has 2 aliphatic rings. The van der Waals surface area contributed by atoms with Gasteiger partial charge in [0.2, 0.25) is 0 Å². The zero-order chi connectivity index (χ0) is 20.6. The van der Waals surface area contributed by atoms with Crippen molar-refractivity contribution in [3.8, 4) is 11.4 Å². The molecule has 1 aromatic heterocycles. The summed E-state index contributed by atoms with van der Waals surface area (Å²) in [6.07, 6.45) is 5.05. The van der Waals surface area contributed by atoms with Crippen molar-refractivity contribution in [2.45, 2.75) is 38.8 Å². The Kier molecular flexibility index (Phi) is 9.54. The van der Waals surface area contributed by atoms with Crippen molar-refractivity contribution >= 4 is 29.9 Å². The van der Waals surface area contributed by atoms with E-state index in [4.69, 9.17) is 9.73 Å². The molecule has 2 aromatic rings. The van der Waals surface area contributed by atoms with Crippen LogP contribution in [0.4, 0.5) is 0 Å². The van der Waals surface area contributed by atoms with Gasteiger partial charge in [-0.2, -0.15) is 5.10 Å². The highest BCUT2D eigenvalue weighted by atomic mass is 127. The van der Waals surface area contributed by atoms with Crippen LogP contribution in [0.3, 0.4) is 0 Å². The van der Waals surface area contributed by atoms with Gasteiger partial charge < -0.3 is 20.3 Å². The van der Waals surface area contributed by atoms with Crippen LogP contribution < -0.4 is 10.6 Å². The average Bonchev–Trinajstić information content (AvgIpc) is 3.48. The summed E-state index contributed by atoms with van der Waals surface area (Å²) in [5.74, 6) is 2.40. The molecule has 1 atom stereocenters. The van der Waals surface area contributed by atoms with Crippen LogP contribution in [0.15, 0.2) is 35.6 Å². The Morgan fingerprint density at radius 3 is 2.87 bits per heavy atom. The summed E-state index contributed by atoms with van der Waals surface area (Å²) < 4.78 is 5.52. The molecule has 0 spiro atoms. The van der Waals surface area contributed by atoms with E-state index in [-0.39, 0.29) is 24.0 Å². The topological polar surface area (TPSA) is 90.5 Å². The van der Waals surface area contributed by atoms with Crippen molar-refractivity contribution in [2.75, 3.05) is 39.4 Å². The van der Waals surface area contributed by atoms with Crippen LogP contribution in [0.25, 0.3) is 11.4 Å². The highest BCUT2D eigenvalue weighted by Crippen LogP contribution is 2.18. The van der Waals surface area contributed by atoms with E-state index in [1.54, 1.807) is 0 Å². The minimum absolute atomic E-state index is 0. The Morgan fingerprint density at radius 1 is 1.29 bits per heavy atom. The van der Waals surface area contributed by atoms with E-state index in [1.807, 2.05) is 12.1 Å². The van der Waals surface area contributed by atoms with Gasteiger partial charge in [0.05, 0.1) is 13.2 Å². The van der Waals surface area contributed by atoms with Crippen LogP contribution in [0, 0.1) is 5.92 Å². The molecule has 31 heavy (non-hydrogen) atoms. The smallest absolute Gasteiger partial charge is 0.191 e. The first kappa shape index (κ1) is 23.9. The minimum atomic E-state index is 0. The second kappa shape index (κ2) is 12.4. The van der Waals surface area contributed by atoms with Gasteiger partial charge in [0.15, 0.2) is 11.8 Å². The van der Waals surface area contributed by atoms with E-state index in [0.717, 1.165) is 74.5 Å². The first-order valence-electron chi connectivity index (χ1n) is 11.1. The van der Waals surface area contributed by atoms with E-state index in [9.17, 15) is 0 Å². The molecule has 0 saturated carbocycles. The van der Waals surface area contributed by atoms with E-state index < -0.39 is 0 Å². The highest BCUT2D eigenvalue weighted by Gasteiger charge is 2.24. The van der Waals surface area contributed by atoms with E-state index in [2.05, 4.69) is 49.8 Å². The number of piperidine rings is 1. The number of nitrogens with one attached hydrogen (secondary N) is 3. The molecule has 3 N–H and O–H groups in total. The minimum Gasteiger partial charge on any atom is -0.381 e. The number of guanidine groups is 1. The van der Waals surface area contributed by atoms with Gasteiger partial charge in [-0.25, -0.2) is 9.98 Å². The number of rotatable bonds is 7. The second-order valence-corrected chi connectivity index (χ2v) is 8.18. The second-order valence-electron chi connectivity index (χ2n) is 8.18. The van der Waals surface area contributed by atoms with Crippen LogP contribution in [-0.4, -0.2) is 71.5 Å². The highest BCUT2D eigenvalue weighted by molar-refractivity contribution is 14.0. The standard InChI is InChI=1S/C22H33N7O.HI/c1-2-23-22(24-13-17-4-3-5-19(12-17)21-25-16-26-28-21)27-20-6-9-29(10-7-20)14-18-8-11-30-15-18;/h3-5,12,16,18,20H,2,6-11,13-15H2,1H3,(H2,23,24,27)(H,25,26,28);1H. The van der Waals surface area contributed by atoms with Crippen molar-refractivity contribution in [2.24, 2.45) is 10.9 Å². The third-order valence-electron chi connectivity index (χ3n) is 5.85. The van der Waals surface area contributed by atoms with Gasteiger partial charge in [-0.15, -0.1) is 24.0 Å². The molecule has 0 aliphatic carbocycles. The van der Waals surface area contributed by atoms with Gasteiger partial charge in [-0.3, -0.25) is 5.10 Å². The maximum Gasteiger partial charge on any atom is 0.191 e. The Bertz CT molecular complexity index is 800. The number of hydrogen-bond donors (Lipinski definition) is 3. The quantitative estimate of drug-likeness (QED) is 0.285. The van der Waals surface area contributed by atoms with Crippen molar-refractivity contribution in [3.63, 3.8) is 0 Å². The lowest BCUT2D eigenvalue weighted by atomic mass is 10.0. The number of ether oxygens (including phenoxy) is 1. The number of hydrogen-bond acceptors (Lipinski definition) is 5. The fourth-order valence-electron chi connectivity index (χ4n) is 4.20. The van der Waals surface area contributed by atoms with Crippen LogP contribution in [-0.2, 0) is 11.3 Å². The van der Waals surface area contributed by atoms with Crippen LogP contribution >= 0.6 is 24.0 Å². The molecule has 1 unspecified atom stereocenters. The largest absolute Gasteiger partial charge is 0.381 e. The zero-order valence-electron chi connectivity index (χ0n) is 18.2. The molecule has 2 fully saturated rings. The summed E-state index contributed by atoms with van der Waals surface area (Å²) in [5, 5.41) is 13.9. The number of aromatic amines is 1. The average molecular weight is 539 g/mol. The van der Waals surface area contributed by atoms with Gasteiger partial charge >= 0.3 is 0 Å². The first-order valence-corrected chi connectivity index (χ1v) is 11.1. The molecule has 2 aliphatic heterocycles. The number of nitrogens with zero attached hydrogens (tertiary/aromatic N) is 4. The Morgan fingerprint density at radius 2 is 2.16 bits per heavy atom. The predicted octanol–water partition coefficient (Wildman–Crippen LogP) is 2.65. The molecular weight excluding hydrogens is 505 g/mol. The van der Waals surface area contributed by atoms with E-state index in [0.29, 0.717) is 12.6 Å².